The molecule has 0 spiro atoms. The maximum Gasteiger partial charge on any atom is 0.327 e. The number of carbonyl (C=O) groups is 1. The molecule has 0 amide bonds. The Morgan fingerprint density at radius 3 is 3.12 bits per heavy atom. The monoisotopic (exact) mass is 242 g/mol. The third-order valence-corrected chi connectivity index (χ3v) is 2.65. The molecular weight excluding hydrogens is 232 g/mol. The van der Waals surface area contributed by atoms with Gasteiger partial charge in [-0.2, -0.15) is 0 Å². The Morgan fingerprint density at radius 2 is 2.44 bits per heavy atom. The topological polar surface area (TPSA) is 78.4 Å². The normalized spacial score (nSPS) is 20.8. The third kappa shape index (κ3) is 2.23. The molecule has 2 rings (SSSR count). The van der Waals surface area contributed by atoms with Crippen LogP contribution in [-0.2, 0) is 4.79 Å². The Balaban J connectivity index is 2.26. The minimum Gasteiger partial charge on any atom is -0.480 e. The number of aliphatic carboxylic acids is 1. The smallest absolute Gasteiger partial charge is 0.327 e. The Kier molecular flexibility index (Phi) is 3.21. The number of aromatic nitrogens is 2. The van der Waals surface area contributed by atoms with Crippen LogP contribution in [0.4, 0.5) is 5.82 Å². The first-order valence-electron chi connectivity index (χ1n) is 4.86. The molecule has 0 saturated carbocycles. The summed E-state index contributed by atoms with van der Waals surface area (Å²) in [6.45, 7) is 1.71. The van der Waals surface area contributed by atoms with Gasteiger partial charge in [0.2, 0.25) is 0 Å². The van der Waals surface area contributed by atoms with Crippen LogP contribution in [-0.4, -0.2) is 46.7 Å². The summed E-state index contributed by atoms with van der Waals surface area (Å²) in [5.41, 5.74) is 0. The molecule has 2 N–H and O–H groups in total. The largest absolute Gasteiger partial charge is 0.480 e. The highest BCUT2D eigenvalue weighted by atomic mass is 35.5. The highest BCUT2D eigenvalue weighted by Crippen LogP contribution is 2.17. The number of piperazine rings is 1. The van der Waals surface area contributed by atoms with Gasteiger partial charge in [0.25, 0.3) is 0 Å². The molecule has 0 aliphatic carbocycles. The standard InChI is InChI=1S/C9H11ClN4O2/c10-7-3-8(13-5-12-7)14-2-1-11-4-6(14)9(15)16/h3,5-6,11H,1-2,4H2,(H,15,16). The summed E-state index contributed by atoms with van der Waals surface area (Å²) >= 11 is 5.75. The van der Waals surface area contributed by atoms with Crippen molar-refractivity contribution in [3.8, 4) is 0 Å². The molecule has 1 aliphatic rings. The highest BCUT2D eigenvalue weighted by Gasteiger charge is 2.29. The molecule has 1 fully saturated rings. The second-order valence-electron chi connectivity index (χ2n) is 3.45. The molecule has 0 radical (unpaired) electrons. The zero-order valence-corrected chi connectivity index (χ0v) is 9.18. The number of anilines is 1. The van der Waals surface area contributed by atoms with E-state index in [0.29, 0.717) is 24.1 Å². The van der Waals surface area contributed by atoms with E-state index in [1.807, 2.05) is 0 Å². The van der Waals surface area contributed by atoms with E-state index < -0.39 is 12.0 Å². The van der Waals surface area contributed by atoms with Gasteiger partial charge in [0.1, 0.15) is 23.3 Å². The van der Waals surface area contributed by atoms with E-state index in [1.54, 1.807) is 11.0 Å². The molecule has 1 aromatic rings. The summed E-state index contributed by atoms with van der Waals surface area (Å²) < 4.78 is 0. The number of carboxylic acids is 1. The summed E-state index contributed by atoms with van der Waals surface area (Å²) in [7, 11) is 0. The number of rotatable bonds is 2. The average molecular weight is 243 g/mol. The van der Waals surface area contributed by atoms with Crippen LogP contribution < -0.4 is 10.2 Å². The zero-order valence-electron chi connectivity index (χ0n) is 8.43. The van der Waals surface area contributed by atoms with Crippen molar-refractivity contribution in [2.75, 3.05) is 24.5 Å². The predicted octanol–water partition coefficient (Wildman–Crippen LogP) is -0.00720. The van der Waals surface area contributed by atoms with Gasteiger partial charge < -0.3 is 15.3 Å². The second-order valence-corrected chi connectivity index (χ2v) is 3.84. The van der Waals surface area contributed by atoms with E-state index in [0.717, 1.165) is 6.54 Å². The first kappa shape index (κ1) is 11.1. The summed E-state index contributed by atoms with van der Waals surface area (Å²) in [6.07, 6.45) is 1.33. The number of halogens is 1. The van der Waals surface area contributed by atoms with Crippen LogP contribution in [0.25, 0.3) is 0 Å². The van der Waals surface area contributed by atoms with Gasteiger partial charge in [-0.05, 0) is 0 Å². The van der Waals surface area contributed by atoms with Crippen LogP contribution in [0.3, 0.4) is 0 Å². The van der Waals surface area contributed by atoms with Gasteiger partial charge in [0.05, 0.1) is 0 Å². The summed E-state index contributed by atoms with van der Waals surface area (Å²) in [6, 6.07) is 0.961. The number of hydrogen-bond acceptors (Lipinski definition) is 5. The Hall–Kier alpha value is -1.40. The maximum absolute atomic E-state index is 11.1. The zero-order chi connectivity index (χ0) is 11.5. The van der Waals surface area contributed by atoms with Crippen molar-refractivity contribution in [3.63, 3.8) is 0 Å². The molecule has 0 bridgehead atoms. The Labute approximate surface area is 97.3 Å². The number of nitrogens with zero attached hydrogens (tertiary/aromatic N) is 3. The van der Waals surface area contributed by atoms with Crippen LogP contribution >= 0.6 is 11.6 Å². The molecule has 86 valence electrons. The van der Waals surface area contributed by atoms with E-state index in [4.69, 9.17) is 16.7 Å². The molecule has 16 heavy (non-hydrogen) atoms. The number of hydrogen-bond donors (Lipinski definition) is 2. The van der Waals surface area contributed by atoms with Crippen LogP contribution in [0.15, 0.2) is 12.4 Å². The molecule has 1 aromatic heterocycles. The van der Waals surface area contributed by atoms with Gasteiger partial charge in [0, 0.05) is 25.7 Å². The molecule has 1 saturated heterocycles. The van der Waals surface area contributed by atoms with Gasteiger partial charge in [-0.25, -0.2) is 14.8 Å². The second kappa shape index (κ2) is 4.63. The van der Waals surface area contributed by atoms with E-state index in [-0.39, 0.29) is 0 Å². The number of carboxylic acid groups (broad SMARTS) is 1. The lowest BCUT2D eigenvalue weighted by atomic mass is 10.2. The summed E-state index contributed by atoms with van der Waals surface area (Å²) in [5.74, 6) is -0.323. The minimum absolute atomic E-state index is 0.313. The van der Waals surface area contributed by atoms with E-state index in [2.05, 4.69) is 15.3 Å². The molecule has 0 aromatic carbocycles. The molecule has 2 heterocycles. The first-order valence-corrected chi connectivity index (χ1v) is 5.24. The van der Waals surface area contributed by atoms with Gasteiger partial charge in [-0.1, -0.05) is 11.6 Å². The van der Waals surface area contributed by atoms with Gasteiger partial charge in [0.15, 0.2) is 0 Å². The molecule has 6 nitrogen and oxygen atoms in total. The third-order valence-electron chi connectivity index (χ3n) is 2.44. The average Bonchev–Trinajstić information content (AvgIpc) is 2.29. The van der Waals surface area contributed by atoms with Crippen LogP contribution in [0.1, 0.15) is 0 Å². The quantitative estimate of drug-likeness (QED) is 0.711. The SMILES string of the molecule is O=C(O)C1CNCCN1c1cc(Cl)ncn1. The lowest BCUT2D eigenvalue weighted by Crippen LogP contribution is -2.55. The van der Waals surface area contributed by atoms with Crippen molar-refractivity contribution in [1.82, 2.24) is 15.3 Å². The fourth-order valence-corrected chi connectivity index (χ4v) is 1.82. The van der Waals surface area contributed by atoms with Crippen molar-refractivity contribution < 1.29 is 9.90 Å². The van der Waals surface area contributed by atoms with E-state index >= 15 is 0 Å². The van der Waals surface area contributed by atoms with Crippen molar-refractivity contribution in [1.29, 1.82) is 0 Å². The lowest BCUT2D eigenvalue weighted by Gasteiger charge is -2.34. The van der Waals surface area contributed by atoms with E-state index in [9.17, 15) is 4.79 Å². The van der Waals surface area contributed by atoms with Crippen molar-refractivity contribution in [2.45, 2.75) is 6.04 Å². The van der Waals surface area contributed by atoms with Gasteiger partial charge in [-0.15, -0.1) is 0 Å². The molecule has 1 aliphatic heterocycles. The molecular formula is C9H11ClN4O2. The van der Waals surface area contributed by atoms with Crippen molar-refractivity contribution in [3.05, 3.63) is 17.5 Å². The molecule has 1 unspecified atom stereocenters. The van der Waals surface area contributed by atoms with Crippen LogP contribution in [0.5, 0.6) is 0 Å². The number of nitrogens with one attached hydrogen (secondary N) is 1. The Bertz CT molecular complexity index is 401. The minimum atomic E-state index is -0.873. The summed E-state index contributed by atoms with van der Waals surface area (Å²) in [5, 5.41) is 12.4. The van der Waals surface area contributed by atoms with E-state index in [1.165, 1.54) is 6.33 Å². The van der Waals surface area contributed by atoms with Gasteiger partial charge >= 0.3 is 5.97 Å². The maximum atomic E-state index is 11.1. The Morgan fingerprint density at radius 1 is 1.62 bits per heavy atom. The lowest BCUT2D eigenvalue weighted by molar-refractivity contribution is -0.138. The van der Waals surface area contributed by atoms with Crippen molar-refractivity contribution in [2.24, 2.45) is 0 Å². The van der Waals surface area contributed by atoms with Crippen LogP contribution in [0.2, 0.25) is 5.15 Å². The fraction of sp³-hybridized carbons (Fsp3) is 0.444. The van der Waals surface area contributed by atoms with Gasteiger partial charge in [-0.3, -0.25) is 0 Å². The highest BCUT2D eigenvalue weighted by molar-refractivity contribution is 6.29. The predicted molar refractivity (Wildman–Crippen MR) is 58.7 cm³/mol. The summed E-state index contributed by atoms with van der Waals surface area (Å²) in [4.78, 5) is 20.6. The van der Waals surface area contributed by atoms with Crippen molar-refractivity contribution >= 4 is 23.4 Å². The van der Waals surface area contributed by atoms with Crippen LogP contribution in [0, 0.1) is 0 Å². The molecule has 1 atom stereocenters. The molecule has 7 heteroatoms. The fourth-order valence-electron chi connectivity index (χ4n) is 1.68. The first-order chi connectivity index (χ1) is 7.68.